The van der Waals surface area contributed by atoms with Crippen LogP contribution in [0.15, 0.2) is 12.4 Å². The van der Waals surface area contributed by atoms with Crippen molar-refractivity contribution in [1.29, 1.82) is 0 Å². The minimum absolute atomic E-state index is 0.0723. The Balaban J connectivity index is 2.74. The molecule has 60 valence electrons. The molecule has 0 radical (unpaired) electrons. The summed E-state index contributed by atoms with van der Waals surface area (Å²) in [6.07, 6.45) is 2.76. The van der Waals surface area contributed by atoms with E-state index in [1.54, 1.807) is 0 Å². The quantitative estimate of drug-likeness (QED) is 0.505. The Labute approximate surface area is 70.9 Å². The molecular weight excluding hydrogens is 188 g/mol. The van der Waals surface area contributed by atoms with E-state index < -0.39 is 11.1 Å². The molecule has 0 fully saturated rings. The van der Waals surface area contributed by atoms with E-state index >= 15 is 0 Å². The number of nitrogens with zero attached hydrogens (tertiary/aromatic N) is 2. The first-order valence-electron chi connectivity index (χ1n) is 2.71. The molecule has 11 heavy (non-hydrogen) atoms. The molecule has 0 aliphatic heterocycles. The summed E-state index contributed by atoms with van der Waals surface area (Å²) >= 11 is 3.28. The topological polar surface area (TPSA) is 65.9 Å². The average Bonchev–Trinajstić information content (AvgIpc) is 1.93. The summed E-state index contributed by atoms with van der Waals surface area (Å²) in [7, 11) is 0. The number of hydrogen-bond acceptors (Lipinski definition) is 4. The summed E-state index contributed by atoms with van der Waals surface area (Å²) in [4.78, 5) is 7.23. The average molecular weight is 192 g/mol. The monoisotopic (exact) mass is 191 g/mol. The minimum Gasteiger partial charge on any atom is -0.772 e. The molecule has 0 saturated heterocycles. The second kappa shape index (κ2) is 3.75. The van der Waals surface area contributed by atoms with Crippen LogP contribution in [0.1, 0.15) is 5.56 Å². The van der Waals surface area contributed by atoms with E-state index in [-0.39, 0.29) is 11.0 Å². The molecule has 1 aromatic heterocycles. The Kier molecular flexibility index (Phi) is 2.92. The van der Waals surface area contributed by atoms with Crippen LogP contribution in [0.25, 0.3) is 0 Å². The predicted octanol–water partition coefficient (Wildman–Crippen LogP) is 0.509. The number of halogens is 1. The summed E-state index contributed by atoms with van der Waals surface area (Å²) in [5.41, 5.74) is 0.530. The Bertz CT molecular complexity index is 264. The van der Waals surface area contributed by atoms with Crippen molar-refractivity contribution >= 4 is 22.7 Å². The zero-order chi connectivity index (χ0) is 8.27. The van der Waals surface area contributed by atoms with Crippen LogP contribution in [-0.2, 0) is 16.8 Å². The van der Waals surface area contributed by atoms with Gasteiger partial charge in [0.1, 0.15) is 0 Å². The molecule has 1 unspecified atom stereocenters. The van der Waals surface area contributed by atoms with Crippen LogP contribution in [0.4, 0.5) is 0 Å². The molecule has 0 spiro atoms. The highest BCUT2D eigenvalue weighted by molar-refractivity contribution is 7.78. The van der Waals surface area contributed by atoms with Crippen LogP contribution in [0.2, 0.25) is 5.28 Å². The minimum atomic E-state index is -2.10. The van der Waals surface area contributed by atoms with E-state index in [0.717, 1.165) is 0 Å². The molecule has 1 heterocycles. The molecule has 1 atom stereocenters. The van der Waals surface area contributed by atoms with E-state index in [0.29, 0.717) is 5.56 Å². The van der Waals surface area contributed by atoms with Gasteiger partial charge in [0.2, 0.25) is 5.28 Å². The van der Waals surface area contributed by atoms with Gasteiger partial charge < -0.3 is 4.55 Å². The fourth-order valence-electron chi connectivity index (χ4n) is 0.550. The zero-order valence-electron chi connectivity index (χ0n) is 5.36. The van der Waals surface area contributed by atoms with E-state index in [4.69, 9.17) is 11.6 Å². The summed E-state index contributed by atoms with van der Waals surface area (Å²) < 4.78 is 20.3. The van der Waals surface area contributed by atoms with Crippen molar-refractivity contribution in [3.63, 3.8) is 0 Å². The third-order valence-corrected chi connectivity index (χ3v) is 1.72. The maximum Gasteiger partial charge on any atom is 0.222 e. The second-order valence-electron chi connectivity index (χ2n) is 1.81. The van der Waals surface area contributed by atoms with Crippen molar-refractivity contribution in [1.82, 2.24) is 9.97 Å². The molecule has 0 amide bonds. The Hall–Kier alpha value is -0.520. The normalized spacial score (nSPS) is 12.9. The van der Waals surface area contributed by atoms with Crippen LogP contribution in [0, 0.1) is 0 Å². The second-order valence-corrected chi connectivity index (χ2v) is 3.04. The van der Waals surface area contributed by atoms with Gasteiger partial charge in [0.25, 0.3) is 0 Å². The molecule has 0 aromatic carbocycles. The summed E-state index contributed by atoms with van der Waals surface area (Å²) in [5, 5.41) is 0.116. The maximum absolute atomic E-state index is 10.2. The van der Waals surface area contributed by atoms with Crippen LogP contribution in [0.3, 0.4) is 0 Å². The lowest BCUT2D eigenvalue weighted by atomic mass is 10.4. The lowest BCUT2D eigenvalue weighted by Gasteiger charge is -2.02. The largest absolute Gasteiger partial charge is 0.772 e. The fraction of sp³-hybridized carbons (Fsp3) is 0.200. The fourth-order valence-corrected chi connectivity index (χ4v) is 1.07. The van der Waals surface area contributed by atoms with E-state index in [1.165, 1.54) is 12.4 Å². The van der Waals surface area contributed by atoms with Crippen molar-refractivity contribution in [3.8, 4) is 0 Å². The SMILES string of the molecule is O=S([O-])Cc1cnc(Cl)nc1. The van der Waals surface area contributed by atoms with Crippen molar-refractivity contribution in [2.75, 3.05) is 0 Å². The lowest BCUT2D eigenvalue weighted by molar-refractivity contribution is 0.536. The van der Waals surface area contributed by atoms with Gasteiger partial charge >= 0.3 is 0 Å². The van der Waals surface area contributed by atoms with Gasteiger partial charge in [-0.3, -0.25) is 4.21 Å². The maximum atomic E-state index is 10.2. The van der Waals surface area contributed by atoms with Crippen molar-refractivity contribution in [2.45, 2.75) is 5.75 Å². The first kappa shape index (κ1) is 8.58. The third-order valence-electron chi connectivity index (χ3n) is 0.958. The van der Waals surface area contributed by atoms with Gasteiger partial charge in [-0.1, -0.05) is 11.1 Å². The number of rotatable bonds is 2. The van der Waals surface area contributed by atoms with Gasteiger partial charge in [0.15, 0.2) is 0 Å². The highest BCUT2D eigenvalue weighted by Gasteiger charge is 1.93. The molecule has 4 nitrogen and oxygen atoms in total. The van der Waals surface area contributed by atoms with E-state index in [1.807, 2.05) is 0 Å². The first-order chi connectivity index (χ1) is 5.18. The molecule has 0 bridgehead atoms. The molecule has 0 N–H and O–H groups in total. The highest BCUT2D eigenvalue weighted by atomic mass is 35.5. The van der Waals surface area contributed by atoms with E-state index in [9.17, 15) is 8.76 Å². The predicted molar refractivity (Wildman–Crippen MR) is 39.7 cm³/mol. The summed E-state index contributed by atoms with van der Waals surface area (Å²) in [6.45, 7) is 0. The molecule has 1 rings (SSSR count). The molecule has 1 aromatic rings. The number of aromatic nitrogens is 2. The third kappa shape index (κ3) is 2.92. The molecule has 0 aliphatic rings. The Morgan fingerprint density at radius 1 is 1.55 bits per heavy atom. The molecule has 0 saturated carbocycles. The van der Waals surface area contributed by atoms with Crippen molar-refractivity contribution < 1.29 is 8.76 Å². The van der Waals surface area contributed by atoms with Crippen LogP contribution >= 0.6 is 11.6 Å². The molecule has 0 aliphatic carbocycles. The first-order valence-corrected chi connectivity index (χ1v) is 4.33. The van der Waals surface area contributed by atoms with Gasteiger partial charge in [-0.15, -0.1) is 0 Å². The van der Waals surface area contributed by atoms with Crippen molar-refractivity contribution in [2.24, 2.45) is 0 Å². The van der Waals surface area contributed by atoms with Crippen LogP contribution in [-0.4, -0.2) is 18.7 Å². The van der Waals surface area contributed by atoms with Crippen LogP contribution < -0.4 is 0 Å². The number of hydrogen-bond donors (Lipinski definition) is 0. The van der Waals surface area contributed by atoms with Gasteiger partial charge in [-0.25, -0.2) is 9.97 Å². The molecule has 6 heteroatoms. The lowest BCUT2D eigenvalue weighted by Crippen LogP contribution is -1.95. The highest BCUT2D eigenvalue weighted by Crippen LogP contribution is 2.02. The Morgan fingerprint density at radius 3 is 2.55 bits per heavy atom. The standard InChI is InChI=1S/C5H5ClN2O2S/c6-5-7-1-4(2-8-5)3-11(9)10/h1-2H,3H2,(H,9,10)/p-1. The van der Waals surface area contributed by atoms with Gasteiger partial charge in [-0.05, 0) is 11.6 Å². The van der Waals surface area contributed by atoms with E-state index in [2.05, 4.69) is 9.97 Å². The van der Waals surface area contributed by atoms with Crippen LogP contribution in [0.5, 0.6) is 0 Å². The molecular formula is C5H4ClN2O2S-. The van der Waals surface area contributed by atoms with Gasteiger partial charge in [0, 0.05) is 23.7 Å². The Morgan fingerprint density at radius 2 is 2.09 bits per heavy atom. The van der Waals surface area contributed by atoms with Gasteiger partial charge in [-0.2, -0.15) is 0 Å². The smallest absolute Gasteiger partial charge is 0.222 e. The van der Waals surface area contributed by atoms with Crippen molar-refractivity contribution in [3.05, 3.63) is 23.2 Å². The zero-order valence-corrected chi connectivity index (χ0v) is 6.93. The van der Waals surface area contributed by atoms with Gasteiger partial charge in [0.05, 0.1) is 0 Å². The summed E-state index contributed by atoms with van der Waals surface area (Å²) in [6, 6.07) is 0. The summed E-state index contributed by atoms with van der Waals surface area (Å²) in [5.74, 6) is -0.0723.